The van der Waals surface area contributed by atoms with E-state index in [9.17, 15) is 0 Å². The zero-order valence-electron chi connectivity index (χ0n) is 17.1. The Morgan fingerprint density at radius 2 is 0.769 bits per heavy atom. The summed E-state index contributed by atoms with van der Waals surface area (Å²) in [5.41, 5.74) is 11.0. The minimum absolute atomic E-state index is 0.850. The van der Waals surface area contributed by atoms with E-state index in [4.69, 9.17) is 11.5 Å². The molecular weight excluding hydrogens is 360 g/mol. The molecule has 0 radical (unpaired) electrons. The highest BCUT2D eigenvalue weighted by atomic mass is 33.1. The Kier molecular flexibility index (Phi) is 26.1. The van der Waals surface area contributed by atoms with Crippen molar-refractivity contribution in [1.29, 1.82) is 0 Å². The second-order valence-corrected chi connectivity index (χ2v) is 9.67. The molecule has 0 aromatic rings. The summed E-state index contributed by atoms with van der Waals surface area (Å²) in [4.78, 5) is 0. The molecule has 0 aliphatic carbocycles. The molecule has 6 N–H and O–H groups in total. The van der Waals surface area contributed by atoms with E-state index >= 15 is 0 Å². The van der Waals surface area contributed by atoms with Crippen LogP contribution in [0.3, 0.4) is 0 Å². The molecule has 0 amide bonds. The summed E-state index contributed by atoms with van der Waals surface area (Å²) in [6.07, 6.45) is 15.8. The highest BCUT2D eigenvalue weighted by molar-refractivity contribution is 8.76. The third-order valence-corrected chi connectivity index (χ3v) is 6.83. The van der Waals surface area contributed by atoms with Crippen molar-refractivity contribution < 1.29 is 0 Å². The van der Waals surface area contributed by atoms with Crippen LogP contribution in [0.25, 0.3) is 0 Å². The van der Waals surface area contributed by atoms with E-state index in [2.05, 4.69) is 10.6 Å². The molecule has 158 valence electrons. The third-order valence-electron chi connectivity index (χ3n) is 4.42. The predicted octanol–water partition coefficient (Wildman–Crippen LogP) is 4.15. The highest BCUT2D eigenvalue weighted by Crippen LogP contribution is 2.19. The monoisotopic (exact) mass is 406 g/mol. The average Bonchev–Trinajstić information content (AvgIpc) is 2.66. The van der Waals surface area contributed by atoms with E-state index in [-0.39, 0.29) is 0 Å². The average molecular weight is 407 g/mol. The summed E-state index contributed by atoms with van der Waals surface area (Å²) in [7, 11) is 4.00. The molecule has 0 heterocycles. The first-order valence-electron chi connectivity index (χ1n) is 11.0. The van der Waals surface area contributed by atoms with Gasteiger partial charge in [-0.3, -0.25) is 0 Å². The van der Waals surface area contributed by atoms with E-state index < -0.39 is 0 Å². The first kappa shape index (κ1) is 26.5. The van der Waals surface area contributed by atoms with Crippen LogP contribution < -0.4 is 22.1 Å². The number of hydrogen-bond acceptors (Lipinski definition) is 6. The summed E-state index contributed by atoms with van der Waals surface area (Å²) in [6.45, 7) is 6.34. The molecular formula is C20H46N4S2. The normalized spacial score (nSPS) is 11.3. The SMILES string of the molecule is NCCCCCCCCNCCSSCCNCCCCCCCCN. The van der Waals surface area contributed by atoms with Gasteiger partial charge < -0.3 is 22.1 Å². The molecule has 0 aliphatic heterocycles. The summed E-state index contributed by atoms with van der Waals surface area (Å²) >= 11 is 0. The molecule has 6 heteroatoms. The molecule has 0 aromatic heterocycles. The number of nitrogens with one attached hydrogen (secondary N) is 2. The summed E-state index contributed by atoms with van der Waals surface area (Å²) < 4.78 is 0. The molecule has 0 spiro atoms. The molecule has 26 heavy (non-hydrogen) atoms. The Hall–Kier alpha value is 0.540. The second kappa shape index (κ2) is 25.5. The van der Waals surface area contributed by atoms with Gasteiger partial charge in [0.2, 0.25) is 0 Å². The summed E-state index contributed by atoms with van der Waals surface area (Å²) in [5.74, 6) is 2.42. The second-order valence-electron chi connectivity index (χ2n) is 6.96. The lowest BCUT2D eigenvalue weighted by Crippen LogP contribution is -2.19. The summed E-state index contributed by atoms with van der Waals surface area (Å²) in [6, 6.07) is 0. The molecule has 0 saturated heterocycles. The van der Waals surface area contributed by atoms with E-state index in [1.54, 1.807) is 0 Å². The number of unbranched alkanes of at least 4 members (excludes halogenated alkanes) is 10. The van der Waals surface area contributed by atoms with Gasteiger partial charge in [-0.05, 0) is 51.9 Å². The Bertz CT molecular complexity index is 222. The fourth-order valence-electron chi connectivity index (χ4n) is 2.80. The minimum Gasteiger partial charge on any atom is -0.330 e. The van der Waals surface area contributed by atoms with E-state index in [0.717, 1.165) is 26.2 Å². The maximum Gasteiger partial charge on any atom is 0.0162 e. The third kappa shape index (κ3) is 24.5. The van der Waals surface area contributed by atoms with Gasteiger partial charge in [0.05, 0.1) is 0 Å². The predicted molar refractivity (Wildman–Crippen MR) is 124 cm³/mol. The van der Waals surface area contributed by atoms with Gasteiger partial charge >= 0.3 is 0 Å². The smallest absolute Gasteiger partial charge is 0.0162 e. The van der Waals surface area contributed by atoms with Crippen LogP contribution in [0.15, 0.2) is 0 Å². The van der Waals surface area contributed by atoms with Crippen molar-refractivity contribution in [2.24, 2.45) is 11.5 Å². The van der Waals surface area contributed by atoms with Gasteiger partial charge in [-0.15, -0.1) is 0 Å². The van der Waals surface area contributed by atoms with Crippen LogP contribution in [0.1, 0.15) is 77.0 Å². The van der Waals surface area contributed by atoms with Gasteiger partial charge in [-0.2, -0.15) is 0 Å². The van der Waals surface area contributed by atoms with Gasteiger partial charge in [0.15, 0.2) is 0 Å². The molecule has 0 atom stereocenters. The molecule has 0 bridgehead atoms. The maximum atomic E-state index is 5.50. The Morgan fingerprint density at radius 3 is 1.15 bits per heavy atom. The molecule has 0 unspecified atom stereocenters. The lowest BCUT2D eigenvalue weighted by atomic mass is 10.1. The van der Waals surface area contributed by atoms with Crippen molar-refractivity contribution in [2.45, 2.75) is 77.0 Å². The van der Waals surface area contributed by atoms with Crippen LogP contribution in [-0.4, -0.2) is 50.8 Å². The first-order chi connectivity index (χ1) is 12.9. The largest absolute Gasteiger partial charge is 0.330 e. The van der Waals surface area contributed by atoms with Gasteiger partial charge in [0, 0.05) is 24.6 Å². The fraction of sp³-hybridized carbons (Fsp3) is 1.00. The Labute approximate surface area is 171 Å². The molecule has 0 fully saturated rings. The molecule has 0 aromatic carbocycles. The van der Waals surface area contributed by atoms with E-state index in [0.29, 0.717) is 0 Å². The van der Waals surface area contributed by atoms with E-state index in [1.165, 1.54) is 102 Å². The molecule has 0 rings (SSSR count). The van der Waals surface area contributed by atoms with Crippen LogP contribution in [0, 0.1) is 0 Å². The molecule has 4 nitrogen and oxygen atoms in total. The summed E-state index contributed by atoms with van der Waals surface area (Å²) in [5, 5.41) is 7.11. The van der Waals surface area contributed by atoms with Crippen LogP contribution >= 0.6 is 21.6 Å². The maximum absolute atomic E-state index is 5.50. The first-order valence-corrected chi connectivity index (χ1v) is 13.5. The van der Waals surface area contributed by atoms with Gasteiger partial charge in [0.25, 0.3) is 0 Å². The topological polar surface area (TPSA) is 76.1 Å². The van der Waals surface area contributed by atoms with Crippen molar-refractivity contribution in [3.8, 4) is 0 Å². The standard InChI is InChI=1S/C20H46N4S2/c21-13-9-5-1-3-7-11-15-23-17-19-25-26-20-18-24-16-12-8-4-2-6-10-14-22/h23-24H,1-22H2. The lowest BCUT2D eigenvalue weighted by molar-refractivity contribution is 0.575. The van der Waals surface area contributed by atoms with E-state index in [1.807, 2.05) is 21.6 Å². The van der Waals surface area contributed by atoms with Crippen molar-refractivity contribution in [3.05, 3.63) is 0 Å². The van der Waals surface area contributed by atoms with Crippen LogP contribution in [0.5, 0.6) is 0 Å². The fourth-order valence-corrected chi connectivity index (χ4v) is 4.70. The van der Waals surface area contributed by atoms with Crippen LogP contribution in [0.4, 0.5) is 0 Å². The van der Waals surface area contributed by atoms with Crippen molar-refractivity contribution in [1.82, 2.24) is 10.6 Å². The zero-order valence-corrected chi connectivity index (χ0v) is 18.7. The molecule has 0 saturated carbocycles. The minimum atomic E-state index is 0.850. The van der Waals surface area contributed by atoms with Crippen molar-refractivity contribution >= 4 is 21.6 Å². The molecule has 0 aliphatic rings. The Morgan fingerprint density at radius 1 is 0.423 bits per heavy atom. The van der Waals surface area contributed by atoms with Crippen molar-refractivity contribution in [3.63, 3.8) is 0 Å². The van der Waals surface area contributed by atoms with Gasteiger partial charge in [-0.25, -0.2) is 0 Å². The quantitative estimate of drug-likeness (QED) is 0.151. The lowest BCUT2D eigenvalue weighted by Gasteiger charge is -2.06. The number of rotatable bonds is 23. The van der Waals surface area contributed by atoms with Crippen molar-refractivity contribution in [2.75, 3.05) is 50.8 Å². The number of hydrogen-bond donors (Lipinski definition) is 4. The number of nitrogens with two attached hydrogens (primary N) is 2. The zero-order chi connectivity index (χ0) is 19.0. The van der Waals surface area contributed by atoms with Crippen LogP contribution in [-0.2, 0) is 0 Å². The van der Waals surface area contributed by atoms with Gasteiger partial charge in [0.1, 0.15) is 0 Å². The highest BCUT2D eigenvalue weighted by Gasteiger charge is 1.94. The van der Waals surface area contributed by atoms with Gasteiger partial charge in [-0.1, -0.05) is 73.0 Å². The van der Waals surface area contributed by atoms with Crippen LogP contribution in [0.2, 0.25) is 0 Å². The Balaban J connectivity index is 2.95.